The zero-order chi connectivity index (χ0) is 20.7. The lowest BCUT2D eigenvalue weighted by Crippen LogP contribution is -2.49. The van der Waals surface area contributed by atoms with E-state index in [1.807, 2.05) is 31.2 Å². The highest BCUT2D eigenvalue weighted by Crippen LogP contribution is 2.27. The molecule has 1 atom stereocenters. The Morgan fingerprint density at radius 3 is 2.54 bits per heavy atom. The van der Waals surface area contributed by atoms with Crippen molar-refractivity contribution < 1.29 is 14.3 Å². The molecule has 2 amide bonds. The van der Waals surface area contributed by atoms with Gasteiger partial charge in [0, 0.05) is 22.0 Å². The van der Waals surface area contributed by atoms with Crippen molar-refractivity contribution >= 4 is 55.3 Å². The summed E-state index contributed by atoms with van der Waals surface area (Å²) in [5.41, 5.74) is 0.903. The van der Waals surface area contributed by atoms with Gasteiger partial charge in [-0.1, -0.05) is 55.6 Å². The van der Waals surface area contributed by atoms with Crippen LogP contribution in [0.25, 0.3) is 0 Å². The fourth-order valence-electron chi connectivity index (χ4n) is 2.55. The zero-order valence-corrected chi connectivity index (χ0v) is 19.5. The van der Waals surface area contributed by atoms with Crippen molar-refractivity contribution in [2.75, 3.05) is 13.2 Å². The predicted molar refractivity (Wildman–Crippen MR) is 117 cm³/mol. The van der Waals surface area contributed by atoms with Gasteiger partial charge in [-0.3, -0.25) is 9.59 Å². The molecule has 1 unspecified atom stereocenters. The highest BCUT2D eigenvalue weighted by atomic mass is 79.9. The van der Waals surface area contributed by atoms with E-state index in [0.717, 1.165) is 14.5 Å². The first-order valence-corrected chi connectivity index (χ1v) is 10.7. The molecule has 0 saturated carbocycles. The van der Waals surface area contributed by atoms with Crippen molar-refractivity contribution in [3.05, 3.63) is 62.0 Å². The maximum Gasteiger partial charge on any atom is 0.261 e. The van der Waals surface area contributed by atoms with Gasteiger partial charge in [-0.05, 0) is 49.7 Å². The van der Waals surface area contributed by atoms with Gasteiger partial charge in [0.1, 0.15) is 11.8 Å². The first-order valence-electron chi connectivity index (χ1n) is 8.71. The number of ether oxygens (including phenoxy) is 1. The quantitative estimate of drug-likeness (QED) is 0.532. The SMILES string of the molecule is CCNC(=O)C(C)N(Cc1cccc(Br)c1)C(=O)COc1ccc(Br)cc1Cl. The van der Waals surface area contributed by atoms with Crippen molar-refractivity contribution in [3.8, 4) is 5.75 Å². The van der Waals surface area contributed by atoms with Crippen LogP contribution >= 0.6 is 43.5 Å². The fourth-order valence-corrected chi connectivity index (χ4v) is 3.73. The number of carbonyl (C=O) groups is 2. The normalized spacial score (nSPS) is 11.6. The van der Waals surface area contributed by atoms with Gasteiger partial charge in [0.2, 0.25) is 5.91 Å². The van der Waals surface area contributed by atoms with Gasteiger partial charge in [0.05, 0.1) is 5.02 Å². The van der Waals surface area contributed by atoms with Crippen LogP contribution in [0, 0.1) is 0 Å². The zero-order valence-electron chi connectivity index (χ0n) is 15.5. The molecule has 28 heavy (non-hydrogen) atoms. The molecule has 0 radical (unpaired) electrons. The summed E-state index contributed by atoms with van der Waals surface area (Å²) >= 11 is 12.9. The van der Waals surface area contributed by atoms with Crippen LogP contribution in [0.2, 0.25) is 5.02 Å². The molecule has 2 aromatic carbocycles. The van der Waals surface area contributed by atoms with Crippen LogP contribution in [0.15, 0.2) is 51.4 Å². The molecule has 150 valence electrons. The average molecular weight is 533 g/mol. The minimum atomic E-state index is -0.643. The second-order valence-corrected chi connectivity index (χ2v) is 8.32. The highest BCUT2D eigenvalue weighted by Gasteiger charge is 2.26. The van der Waals surface area contributed by atoms with Crippen LogP contribution in [0.3, 0.4) is 0 Å². The molecule has 8 heteroatoms. The van der Waals surface area contributed by atoms with Crippen molar-refractivity contribution in [3.63, 3.8) is 0 Å². The molecule has 2 aromatic rings. The Morgan fingerprint density at radius 1 is 1.18 bits per heavy atom. The van der Waals surface area contributed by atoms with Crippen molar-refractivity contribution in [1.29, 1.82) is 0 Å². The molecule has 0 saturated heterocycles. The van der Waals surface area contributed by atoms with E-state index in [9.17, 15) is 9.59 Å². The Balaban J connectivity index is 2.16. The smallest absolute Gasteiger partial charge is 0.261 e. The third-order valence-electron chi connectivity index (χ3n) is 4.01. The van der Waals surface area contributed by atoms with Crippen LogP contribution in [-0.4, -0.2) is 35.9 Å². The number of amides is 2. The summed E-state index contributed by atoms with van der Waals surface area (Å²) in [6.07, 6.45) is 0. The van der Waals surface area contributed by atoms with E-state index in [2.05, 4.69) is 37.2 Å². The Hall–Kier alpha value is -1.57. The number of rotatable bonds is 8. The molecule has 0 aliphatic heterocycles. The number of hydrogen-bond acceptors (Lipinski definition) is 3. The van der Waals surface area contributed by atoms with E-state index in [1.165, 1.54) is 4.90 Å². The van der Waals surface area contributed by atoms with Gasteiger partial charge in [-0.25, -0.2) is 0 Å². The largest absolute Gasteiger partial charge is 0.482 e. The average Bonchev–Trinajstić information content (AvgIpc) is 2.65. The molecule has 0 spiro atoms. The number of likely N-dealkylation sites (N-methyl/N-ethyl adjacent to an activating group) is 1. The summed E-state index contributed by atoms with van der Waals surface area (Å²) in [7, 11) is 0. The molecular weight excluding hydrogens is 511 g/mol. The van der Waals surface area contributed by atoms with Crippen molar-refractivity contribution in [2.45, 2.75) is 26.4 Å². The molecule has 0 aliphatic rings. The van der Waals surface area contributed by atoms with Gasteiger partial charge in [-0.15, -0.1) is 0 Å². The van der Waals surface area contributed by atoms with Crippen LogP contribution < -0.4 is 10.1 Å². The Morgan fingerprint density at radius 2 is 1.89 bits per heavy atom. The van der Waals surface area contributed by atoms with Gasteiger partial charge >= 0.3 is 0 Å². The first kappa shape index (κ1) is 22.7. The molecule has 5 nitrogen and oxygen atoms in total. The molecule has 0 fully saturated rings. The standard InChI is InChI=1S/C20H21Br2ClN2O3/c1-3-24-20(27)13(2)25(11-14-5-4-6-15(21)9-14)19(26)12-28-18-8-7-16(22)10-17(18)23/h4-10,13H,3,11-12H2,1-2H3,(H,24,27). The van der Waals surface area contributed by atoms with E-state index >= 15 is 0 Å². The minimum Gasteiger partial charge on any atom is -0.482 e. The number of hydrogen-bond donors (Lipinski definition) is 1. The second kappa shape index (κ2) is 10.8. The number of nitrogens with zero attached hydrogens (tertiary/aromatic N) is 1. The summed E-state index contributed by atoms with van der Waals surface area (Å²) < 4.78 is 7.32. The van der Waals surface area contributed by atoms with E-state index in [0.29, 0.717) is 17.3 Å². The second-order valence-electron chi connectivity index (χ2n) is 6.09. The minimum absolute atomic E-state index is 0.215. The van der Waals surface area contributed by atoms with Crippen LogP contribution in [-0.2, 0) is 16.1 Å². The first-order chi connectivity index (χ1) is 13.3. The van der Waals surface area contributed by atoms with E-state index < -0.39 is 6.04 Å². The Labute approximate surface area is 186 Å². The molecule has 0 bridgehead atoms. The molecule has 0 aliphatic carbocycles. The highest BCUT2D eigenvalue weighted by molar-refractivity contribution is 9.10. The summed E-state index contributed by atoms with van der Waals surface area (Å²) in [6, 6.07) is 12.1. The molecule has 0 heterocycles. The van der Waals surface area contributed by atoms with E-state index in [4.69, 9.17) is 16.3 Å². The monoisotopic (exact) mass is 530 g/mol. The van der Waals surface area contributed by atoms with Crippen LogP contribution in [0.5, 0.6) is 5.75 Å². The van der Waals surface area contributed by atoms with Crippen LogP contribution in [0.1, 0.15) is 19.4 Å². The number of nitrogens with one attached hydrogen (secondary N) is 1. The lowest BCUT2D eigenvalue weighted by Gasteiger charge is -2.28. The Kier molecular flexibility index (Phi) is 8.79. The predicted octanol–water partition coefficient (Wildman–Crippen LogP) is 4.80. The van der Waals surface area contributed by atoms with E-state index in [1.54, 1.807) is 25.1 Å². The van der Waals surface area contributed by atoms with Gasteiger partial charge in [-0.2, -0.15) is 0 Å². The van der Waals surface area contributed by atoms with Gasteiger partial charge < -0.3 is 15.0 Å². The molecular formula is C20H21Br2ClN2O3. The van der Waals surface area contributed by atoms with E-state index in [-0.39, 0.29) is 25.0 Å². The third kappa shape index (κ3) is 6.50. The lowest BCUT2D eigenvalue weighted by molar-refractivity contribution is -0.142. The summed E-state index contributed by atoms with van der Waals surface area (Å²) in [5.74, 6) is -0.114. The molecule has 1 N–H and O–H groups in total. The number of carbonyl (C=O) groups excluding carboxylic acids is 2. The summed E-state index contributed by atoms with van der Waals surface area (Å²) in [6.45, 7) is 4.09. The summed E-state index contributed by atoms with van der Waals surface area (Å²) in [5, 5.41) is 3.16. The number of benzene rings is 2. The van der Waals surface area contributed by atoms with Crippen molar-refractivity contribution in [2.24, 2.45) is 0 Å². The Bertz CT molecular complexity index is 848. The lowest BCUT2D eigenvalue weighted by atomic mass is 10.1. The maximum atomic E-state index is 12.9. The van der Waals surface area contributed by atoms with Crippen molar-refractivity contribution in [1.82, 2.24) is 10.2 Å². The van der Waals surface area contributed by atoms with Gasteiger partial charge in [0.15, 0.2) is 6.61 Å². The maximum absolute atomic E-state index is 12.9. The fraction of sp³-hybridized carbons (Fsp3) is 0.300. The summed E-state index contributed by atoms with van der Waals surface area (Å²) in [4.78, 5) is 26.7. The topological polar surface area (TPSA) is 58.6 Å². The van der Waals surface area contributed by atoms with Crippen LogP contribution in [0.4, 0.5) is 0 Å². The number of halogens is 3. The molecule has 0 aromatic heterocycles. The third-order valence-corrected chi connectivity index (χ3v) is 5.29. The van der Waals surface area contributed by atoms with Gasteiger partial charge in [0.25, 0.3) is 5.91 Å². The molecule has 2 rings (SSSR count).